The van der Waals surface area contributed by atoms with Crippen molar-refractivity contribution in [2.24, 2.45) is 0 Å². The van der Waals surface area contributed by atoms with E-state index < -0.39 is 5.97 Å². The number of fused-ring (bicyclic) bond motifs is 3. The van der Waals surface area contributed by atoms with Crippen LogP contribution in [0.15, 0.2) is 66.0 Å². The minimum Gasteiger partial charge on any atom is -0.452 e. The van der Waals surface area contributed by atoms with Gasteiger partial charge in [0.2, 0.25) is 0 Å². The fourth-order valence-corrected chi connectivity index (χ4v) is 6.15. The molecule has 0 fully saturated rings. The van der Waals surface area contributed by atoms with Gasteiger partial charge < -0.3 is 9.64 Å². The second-order valence-corrected chi connectivity index (χ2v) is 10.4. The maximum atomic E-state index is 13.6. The third-order valence-electron chi connectivity index (χ3n) is 7.04. The van der Waals surface area contributed by atoms with Gasteiger partial charge in [0.1, 0.15) is 0 Å². The van der Waals surface area contributed by atoms with Crippen LogP contribution in [0, 0.1) is 0 Å². The Morgan fingerprint density at radius 1 is 1.08 bits per heavy atom. The minimum absolute atomic E-state index is 0.0352. The molecule has 180 valence electrons. The second kappa shape index (κ2) is 9.36. The van der Waals surface area contributed by atoms with Gasteiger partial charge in [-0.2, -0.15) is 0 Å². The van der Waals surface area contributed by atoms with Crippen LogP contribution in [-0.2, 0) is 22.4 Å². The van der Waals surface area contributed by atoms with Crippen molar-refractivity contribution in [2.45, 2.75) is 38.6 Å². The molecule has 3 heterocycles. The predicted molar refractivity (Wildman–Crippen MR) is 144 cm³/mol. The highest BCUT2D eigenvalue weighted by Gasteiger charge is 2.32. The van der Waals surface area contributed by atoms with Crippen molar-refractivity contribution in [1.82, 2.24) is 4.98 Å². The van der Waals surface area contributed by atoms with Crippen LogP contribution >= 0.6 is 11.3 Å². The Kier molecular flexibility index (Phi) is 5.89. The first-order valence-electron chi connectivity index (χ1n) is 12.3. The van der Waals surface area contributed by atoms with Crippen LogP contribution in [0.5, 0.6) is 0 Å². The smallest absolute Gasteiger partial charge is 0.339 e. The summed E-state index contributed by atoms with van der Waals surface area (Å²) in [5, 5.41) is 2.83. The third-order valence-corrected chi connectivity index (χ3v) is 7.86. The molecule has 2 aromatic carbocycles. The van der Waals surface area contributed by atoms with Crippen molar-refractivity contribution in [3.63, 3.8) is 0 Å². The van der Waals surface area contributed by atoms with Crippen LogP contribution in [0.3, 0.4) is 0 Å². The van der Waals surface area contributed by atoms with E-state index in [1.807, 2.05) is 61.5 Å². The summed E-state index contributed by atoms with van der Waals surface area (Å²) in [6.45, 7) is 1.73. The van der Waals surface area contributed by atoms with Gasteiger partial charge in [0.15, 0.2) is 6.61 Å². The first-order chi connectivity index (χ1) is 17.6. The van der Waals surface area contributed by atoms with Gasteiger partial charge in [-0.25, -0.2) is 9.78 Å². The van der Waals surface area contributed by atoms with E-state index in [4.69, 9.17) is 9.72 Å². The zero-order valence-electron chi connectivity index (χ0n) is 20.1. The molecule has 6 heteroatoms. The first kappa shape index (κ1) is 22.7. The molecule has 2 aliphatic rings. The summed E-state index contributed by atoms with van der Waals surface area (Å²) in [4.78, 5) is 34.6. The number of nitrogens with zero attached hydrogens (tertiary/aromatic N) is 2. The molecule has 1 aliphatic carbocycles. The molecule has 1 atom stereocenters. The number of carbonyl (C=O) groups is 2. The number of rotatable bonds is 4. The number of anilines is 1. The van der Waals surface area contributed by atoms with E-state index in [9.17, 15) is 9.59 Å². The Labute approximate surface area is 214 Å². The molecule has 0 N–H and O–H groups in total. The molecular formula is C30H26N2O3S. The number of benzene rings is 2. The lowest BCUT2D eigenvalue weighted by Crippen LogP contribution is -2.38. The van der Waals surface area contributed by atoms with E-state index in [1.54, 1.807) is 16.2 Å². The van der Waals surface area contributed by atoms with Gasteiger partial charge in [-0.05, 0) is 79.0 Å². The van der Waals surface area contributed by atoms with Crippen molar-refractivity contribution < 1.29 is 14.3 Å². The van der Waals surface area contributed by atoms with Crippen molar-refractivity contribution in [3.05, 3.63) is 93.3 Å². The molecule has 0 radical (unpaired) electrons. The molecule has 1 unspecified atom stereocenters. The normalized spacial score (nSPS) is 17.8. The predicted octanol–water partition coefficient (Wildman–Crippen LogP) is 6.31. The van der Waals surface area contributed by atoms with Gasteiger partial charge in [-0.15, -0.1) is 11.3 Å². The van der Waals surface area contributed by atoms with Gasteiger partial charge in [-0.1, -0.05) is 42.5 Å². The van der Waals surface area contributed by atoms with Crippen LogP contribution in [0.25, 0.3) is 22.6 Å². The number of thiophene rings is 1. The van der Waals surface area contributed by atoms with Crippen molar-refractivity contribution >= 4 is 51.5 Å². The maximum absolute atomic E-state index is 13.6. The Hall–Kier alpha value is -3.77. The fraction of sp³-hybridized carbons (Fsp3) is 0.233. The molecule has 36 heavy (non-hydrogen) atoms. The number of para-hydroxylation sites is 2. The fourth-order valence-electron chi connectivity index (χ4n) is 5.47. The van der Waals surface area contributed by atoms with Gasteiger partial charge in [-0.3, -0.25) is 4.79 Å². The summed E-state index contributed by atoms with van der Waals surface area (Å²) in [6.07, 6.45) is 5.58. The lowest BCUT2D eigenvalue weighted by molar-refractivity contribution is -0.122. The molecule has 0 spiro atoms. The molecule has 6 rings (SSSR count). The lowest BCUT2D eigenvalue weighted by atomic mass is 9.86. The van der Waals surface area contributed by atoms with E-state index in [-0.39, 0.29) is 18.6 Å². The standard InChI is InChI=1S/C30H26N2O3S/c1-19-16-20-8-2-5-14-26(20)32(19)27(33)18-35-30(34)28-23-11-3-4-13-25(23)31-29-21(9-6-12-24(28)29)17-22-10-7-15-36-22/h2-5,7-8,10-11,13-15,17,19H,6,9,12,16,18H2,1H3. The molecular weight excluding hydrogens is 468 g/mol. The number of ether oxygens (including phenoxy) is 1. The van der Waals surface area contributed by atoms with E-state index >= 15 is 0 Å². The van der Waals surface area contributed by atoms with Crippen molar-refractivity contribution in [3.8, 4) is 0 Å². The molecule has 0 saturated heterocycles. The van der Waals surface area contributed by atoms with E-state index in [0.29, 0.717) is 5.56 Å². The summed E-state index contributed by atoms with van der Waals surface area (Å²) in [7, 11) is 0. The summed E-state index contributed by atoms with van der Waals surface area (Å²) < 4.78 is 5.71. The van der Waals surface area contributed by atoms with E-state index in [2.05, 4.69) is 17.5 Å². The number of allylic oxidation sites excluding steroid dienone is 1. The summed E-state index contributed by atoms with van der Waals surface area (Å²) in [6, 6.07) is 19.7. The molecule has 0 bridgehead atoms. The number of carbonyl (C=O) groups excluding carboxylic acids is 2. The highest BCUT2D eigenvalue weighted by Crippen LogP contribution is 2.37. The number of hydrogen-bond acceptors (Lipinski definition) is 5. The zero-order chi connectivity index (χ0) is 24.6. The van der Waals surface area contributed by atoms with Crippen LogP contribution in [-0.4, -0.2) is 29.5 Å². The third kappa shape index (κ3) is 4.01. The number of amides is 1. The van der Waals surface area contributed by atoms with Crippen LogP contribution in [0.4, 0.5) is 5.69 Å². The molecule has 1 aliphatic heterocycles. The average Bonchev–Trinajstić information content (AvgIpc) is 3.52. The van der Waals surface area contributed by atoms with E-state index in [1.165, 1.54) is 4.88 Å². The number of aromatic nitrogens is 1. The topological polar surface area (TPSA) is 59.5 Å². The number of pyridine rings is 1. The summed E-state index contributed by atoms with van der Waals surface area (Å²) in [5.74, 6) is -0.665. The molecule has 0 saturated carbocycles. The van der Waals surface area contributed by atoms with Crippen LogP contribution in [0.2, 0.25) is 0 Å². The SMILES string of the molecule is CC1Cc2ccccc2N1C(=O)COC(=O)c1c2c(nc3ccccc13)C(=Cc1cccs1)CCC2. The molecule has 4 aromatic rings. The molecule has 2 aromatic heterocycles. The van der Waals surface area contributed by atoms with Gasteiger partial charge >= 0.3 is 5.97 Å². The Bertz CT molecular complexity index is 1510. The first-order valence-corrected chi connectivity index (χ1v) is 13.2. The second-order valence-electron chi connectivity index (χ2n) is 9.39. The van der Waals surface area contributed by atoms with Gasteiger partial charge in [0.25, 0.3) is 5.91 Å². The minimum atomic E-state index is -0.462. The largest absolute Gasteiger partial charge is 0.452 e. The number of esters is 1. The summed E-state index contributed by atoms with van der Waals surface area (Å²) in [5.41, 5.74) is 6.27. The van der Waals surface area contributed by atoms with Crippen molar-refractivity contribution in [2.75, 3.05) is 11.5 Å². The molecule has 1 amide bonds. The zero-order valence-corrected chi connectivity index (χ0v) is 20.9. The van der Waals surface area contributed by atoms with Gasteiger partial charge in [0.05, 0.1) is 16.8 Å². The monoisotopic (exact) mass is 494 g/mol. The highest BCUT2D eigenvalue weighted by molar-refractivity contribution is 7.10. The van der Waals surface area contributed by atoms with Gasteiger partial charge in [0, 0.05) is 22.0 Å². The van der Waals surface area contributed by atoms with Crippen molar-refractivity contribution in [1.29, 1.82) is 0 Å². The number of hydrogen-bond donors (Lipinski definition) is 0. The van der Waals surface area contributed by atoms with Crippen LogP contribution in [0.1, 0.15) is 51.8 Å². The Morgan fingerprint density at radius 3 is 2.78 bits per heavy atom. The Morgan fingerprint density at radius 2 is 1.92 bits per heavy atom. The average molecular weight is 495 g/mol. The highest BCUT2D eigenvalue weighted by atomic mass is 32.1. The van der Waals surface area contributed by atoms with E-state index in [0.717, 1.165) is 64.7 Å². The maximum Gasteiger partial charge on any atom is 0.339 e. The van der Waals surface area contributed by atoms with Crippen LogP contribution < -0.4 is 4.90 Å². The Balaban J connectivity index is 1.33. The quantitative estimate of drug-likeness (QED) is 0.312. The molecule has 5 nitrogen and oxygen atoms in total. The lowest BCUT2D eigenvalue weighted by Gasteiger charge is -2.24. The summed E-state index contributed by atoms with van der Waals surface area (Å²) >= 11 is 1.69.